The van der Waals surface area contributed by atoms with Crippen molar-refractivity contribution in [3.05, 3.63) is 67.5 Å². The van der Waals surface area contributed by atoms with Gasteiger partial charge in [-0.1, -0.05) is 52.5 Å². The van der Waals surface area contributed by atoms with Crippen LogP contribution in [-0.4, -0.2) is 23.0 Å². The maximum Gasteiger partial charge on any atom is 0.359 e. The fourth-order valence-corrected chi connectivity index (χ4v) is 3.16. The molecule has 11 heteroatoms. The summed E-state index contributed by atoms with van der Waals surface area (Å²) in [6.45, 7) is -0.131. The Morgan fingerprint density at radius 3 is 2.43 bits per heavy atom. The molecule has 0 aliphatic heterocycles. The van der Waals surface area contributed by atoms with Gasteiger partial charge in [-0.2, -0.15) is 0 Å². The average molecular weight is 491 g/mol. The summed E-state index contributed by atoms with van der Waals surface area (Å²) in [6, 6.07) is 7.48. The van der Waals surface area contributed by atoms with Crippen LogP contribution in [-0.2, 0) is 11.3 Å². The topological polar surface area (TPSA) is 87.3 Å². The van der Waals surface area contributed by atoms with E-state index in [1.54, 1.807) is 18.2 Å². The molecule has 0 fully saturated rings. The molecule has 30 heavy (non-hydrogen) atoms. The summed E-state index contributed by atoms with van der Waals surface area (Å²) in [6.07, 6.45) is 0. The van der Waals surface area contributed by atoms with Gasteiger partial charge in [-0.3, -0.25) is 0 Å². The van der Waals surface area contributed by atoms with E-state index < -0.39 is 11.8 Å². The largest absolute Gasteiger partial charge is 0.492 e. The van der Waals surface area contributed by atoms with Crippen molar-refractivity contribution in [3.63, 3.8) is 0 Å². The van der Waals surface area contributed by atoms with Gasteiger partial charge in [0, 0.05) is 0 Å². The molecule has 0 radical (unpaired) electrons. The van der Waals surface area contributed by atoms with Crippen molar-refractivity contribution in [3.8, 4) is 17.1 Å². The van der Waals surface area contributed by atoms with Crippen LogP contribution in [0, 0.1) is 5.82 Å². The first-order valence-electron chi connectivity index (χ1n) is 8.19. The lowest BCUT2D eigenvalue weighted by Crippen LogP contribution is -2.12. The number of anilines is 1. The number of rotatable bonds is 5. The first kappa shape index (κ1) is 22.4. The molecule has 0 atom stereocenters. The second-order valence-electron chi connectivity index (χ2n) is 5.86. The molecule has 0 saturated carbocycles. The quantitative estimate of drug-likeness (QED) is 0.451. The van der Waals surface area contributed by atoms with Crippen molar-refractivity contribution >= 4 is 58.2 Å². The fourth-order valence-electron chi connectivity index (χ4n) is 2.46. The third-order valence-electron chi connectivity index (χ3n) is 3.92. The summed E-state index contributed by atoms with van der Waals surface area (Å²) in [7, 11) is 1.26. The van der Waals surface area contributed by atoms with E-state index in [9.17, 15) is 9.18 Å². The van der Waals surface area contributed by atoms with Gasteiger partial charge in [-0.25, -0.2) is 19.2 Å². The maximum atomic E-state index is 14.7. The fraction of sp³-hybridized carbons (Fsp3) is 0.105. The minimum atomic E-state index is -0.886. The number of benzene rings is 2. The zero-order chi connectivity index (χ0) is 22.0. The van der Waals surface area contributed by atoms with E-state index in [0.717, 1.165) is 0 Å². The van der Waals surface area contributed by atoms with Gasteiger partial charge in [0.05, 0.1) is 27.7 Å². The minimum absolute atomic E-state index is 0.0574. The molecule has 6 nitrogen and oxygen atoms in total. The van der Waals surface area contributed by atoms with Crippen LogP contribution in [0.2, 0.25) is 20.1 Å². The zero-order valence-corrected chi connectivity index (χ0v) is 18.2. The SMILES string of the molecule is COc1c(Cl)ccc(-c2nc(N)c(Cl)c(C(=O)OCc3ccc(Cl)c(Cl)c3)n2)c1F. The molecule has 2 aromatic carbocycles. The number of hydrogen-bond donors (Lipinski definition) is 1. The van der Waals surface area contributed by atoms with Gasteiger partial charge in [0.2, 0.25) is 0 Å². The molecular formula is C19H12Cl4FN3O3. The number of nitrogens with zero attached hydrogens (tertiary/aromatic N) is 2. The Kier molecular flexibility index (Phi) is 6.88. The van der Waals surface area contributed by atoms with Crippen LogP contribution in [0.15, 0.2) is 30.3 Å². The Hall–Kier alpha value is -2.32. The predicted octanol–water partition coefficient (Wildman–Crippen LogP) is 5.84. The monoisotopic (exact) mass is 489 g/mol. The number of halogens is 5. The van der Waals surface area contributed by atoms with E-state index in [4.69, 9.17) is 61.6 Å². The number of aromatic nitrogens is 2. The number of nitrogen functional groups attached to an aromatic ring is 1. The Morgan fingerprint density at radius 1 is 1.07 bits per heavy atom. The number of hydrogen-bond acceptors (Lipinski definition) is 6. The van der Waals surface area contributed by atoms with Crippen molar-refractivity contribution in [2.24, 2.45) is 0 Å². The predicted molar refractivity (Wildman–Crippen MR) is 114 cm³/mol. The highest BCUT2D eigenvalue weighted by molar-refractivity contribution is 6.42. The summed E-state index contributed by atoms with van der Waals surface area (Å²) in [4.78, 5) is 20.5. The molecule has 3 aromatic rings. The van der Waals surface area contributed by atoms with Gasteiger partial charge in [-0.15, -0.1) is 0 Å². The second-order valence-corrected chi connectivity index (χ2v) is 7.46. The van der Waals surface area contributed by atoms with Crippen LogP contribution in [0.5, 0.6) is 5.75 Å². The van der Waals surface area contributed by atoms with E-state index in [-0.39, 0.29) is 45.3 Å². The van der Waals surface area contributed by atoms with Crippen molar-refractivity contribution in [1.82, 2.24) is 9.97 Å². The van der Waals surface area contributed by atoms with Gasteiger partial charge < -0.3 is 15.2 Å². The van der Waals surface area contributed by atoms with Crippen molar-refractivity contribution < 1.29 is 18.7 Å². The van der Waals surface area contributed by atoms with E-state index >= 15 is 0 Å². The number of carbonyl (C=O) groups excluding carboxylic acids is 1. The van der Waals surface area contributed by atoms with Gasteiger partial charge in [0.15, 0.2) is 23.1 Å². The maximum absolute atomic E-state index is 14.7. The van der Waals surface area contributed by atoms with E-state index in [0.29, 0.717) is 15.6 Å². The molecule has 0 spiro atoms. The van der Waals surface area contributed by atoms with E-state index in [1.807, 2.05) is 0 Å². The minimum Gasteiger partial charge on any atom is -0.492 e. The molecule has 0 aliphatic rings. The number of nitrogens with two attached hydrogens (primary N) is 1. The van der Waals surface area contributed by atoms with E-state index in [1.165, 1.54) is 19.2 Å². The summed E-state index contributed by atoms with van der Waals surface area (Å²) in [5, 5.41) is 0.508. The molecule has 0 aliphatic carbocycles. The van der Waals surface area contributed by atoms with Crippen molar-refractivity contribution in [2.45, 2.75) is 6.61 Å². The molecule has 0 bridgehead atoms. The molecule has 0 unspecified atom stereocenters. The standard InChI is InChI=1S/C19H12Cl4FN3O3/c1-29-16-11(21)5-3-9(14(16)24)18-26-15(13(23)17(25)27-18)19(28)30-7-8-2-4-10(20)12(22)6-8/h2-6H,7H2,1H3,(H2,25,26,27). The van der Waals surface area contributed by atoms with Crippen LogP contribution < -0.4 is 10.5 Å². The average Bonchev–Trinajstić information content (AvgIpc) is 2.71. The second kappa shape index (κ2) is 9.22. The smallest absolute Gasteiger partial charge is 0.359 e. The highest BCUT2D eigenvalue weighted by Gasteiger charge is 2.23. The number of ether oxygens (including phenoxy) is 2. The van der Waals surface area contributed by atoms with Crippen LogP contribution in [0.3, 0.4) is 0 Å². The molecule has 156 valence electrons. The summed E-state index contributed by atoms with van der Waals surface area (Å²) >= 11 is 23.8. The van der Waals surface area contributed by atoms with Crippen molar-refractivity contribution in [2.75, 3.05) is 12.8 Å². The summed E-state index contributed by atoms with van der Waals surface area (Å²) in [5.74, 6) is -2.32. The molecular weight excluding hydrogens is 479 g/mol. The lowest BCUT2D eigenvalue weighted by atomic mass is 10.1. The Labute approximate surface area is 190 Å². The Bertz CT molecular complexity index is 1140. The number of esters is 1. The highest BCUT2D eigenvalue weighted by Crippen LogP contribution is 2.35. The van der Waals surface area contributed by atoms with Crippen LogP contribution in [0.1, 0.15) is 16.1 Å². The lowest BCUT2D eigenvalue weighted by Gasteiger charge is -2.11. The first-order valence-corrected chi connectivity index (χ1v) is 9.70. The van der Waals surface area contributed by atoms with Crippen LogP contribution in [0.4, 0.5) is 10.2 Å². The molecule has 2 N–H and O–H groups in total. The number of carbonyl (C=O) groups is 1. The third-order valence-corrected chi connectivity index (χ3v) is 5.33. The third kappa shape index (κ3) is 4.54. The lowest BCUT2D eigenvalue weighted by molar-refractivity contribution is 0.0466. The zero-order valence-electron chi connectivity index (χ0n) is 15.2. The van der Waals surface area contributed by atoms with E-state index in [2.05, 4.69) is 9.97 Å². The van der Waals surface area contributed by atoms with Crippen LogP contribution in [0.25, 0.3) is 11.4 Å². The molecule has 1 heterocycles. The molecule has 3 rings (SSSR count). The number of methoxy groups -OCH3 is 1. The molecule has 0 saturated heterocycles. The van der Waals surface area contributed by atoms with Crippen molar-refractivity contribution in [1.29, 1.82) is 0 Å². The first-order chi connectivity index (χ1) is 14.2. The van der Waals surface area contributed by atoms with Gasteiger partial charge >= 0.3 is 5.97 Å². The summed E-state index contributed by atoms with van der Waals surface area (Å²) in [5.41, 5.74) is 5.96. The Balaban J connectivity index is 1.93. The Morgan fingerprint density at radius 2 is 1.77 bits per heavy atom. The summed E-state index contributed by atoms with van der Waals surface area (Å²) < 4.78 is 24.9. The normalized spacial score (nSPS) is 10.7. The molecule has 0 amide bonds. The highest BCUT2D eigenvalue weighted by atomic mass is 35.5. The van der Waals surface area contributed by atoms with Gasteiger partial charge in [0.1, 0.15) is 17.4 Å². The van der Waals surface area contributed by atoms with Crippen LogP contribution >= 0.6 is 46.4 Å². The molecule has 1 aromatic heterocycles. The van der Waals surface area contributed by atoms with Gasteiger partial charge in [0.25, 0.3) is 0 Å². The van der Waals surface area contributed by atoms with Gasteiger partial charge in [-0.05, 0) is 29.8 Å².